The molecule has 0 atom stereocenters. The van der Waals surface area contributed by atoms with Crippen LogP contribution in [0.1, 0.15) is 23.1 Å². The molecule has 0 aliphatic carbocycles. The summed E-state index contributed by atoms with van der Waals surface area (Å²) in [7, 11) is -1.89. The molecule has 2 aromatic rings. The summed E-state index contributed by atoms with van der Waals surface area (Å²) in [6.07, 6.45) is 0.834. The van der Waals surface area contributed by atoms with Crippen LogP contribution in [0.15, 0.2) is 47.4 Å². The molecular formula is C21H28N2O3S. The monoisotopic (exact) mass is 388 g/mol. The van der Waals surface area contributed by atoms with E-state index in [9.17, 15) is 8.42 Å². The van der Waals surface area contributed by atoms with Gasteiger partial charge in [-0.1, -0.05) is 30.3 Å². The molecule has 3 rings (SSSR count). The maximum Gasteiger partial charge on any atom is 0.243 e. The summed E-state index contributed by atoms with van der Waals surface area (Å²) in [4.78, 5) is 2.69. The first-order valence-electron chi connectivity index (χ1n) is 9.33. The number of sulfonamides is 1. The highest BCUT2D eigenvalue weighted by atomic mass is 32.2. The number of benzene rings is 2. The Labute approximate surface area is 162 Å². The van der Waals surface area contributed by atoms with Crippen molar-refractivity contribution in [3.05, 3.63) is 59.2 Å². The Morgan fingerprint density at radius 1 is 0.963 bits per heavy atom. The lowest BCUT2D eigenvalue weighted by Crippen LogP contribution is -2.35. The van der Waals surface area contributed by atoms with E-state index in [0.717, 1.165) is 42.9 Å². The predicted molar refractivity (Wildman–Crippen MR) is 108 cm³/mol. The summed E-state index contributed by atoms with van der Waals surface area (Å²) in [5.74, 6) is 0.749. The molecule has 0 N–H and O–H groups in total. The summed E-state index contributed by atoms with van der Waals surface area (Å²) in [6.45, 7) is 7.33. The van der Waals surface area contributed by atoms with E-state index in [1.165, 1.54) is 5.56 Å². The van der Waals surface area contributed by atoms with Crippen molar-refractivity contribution in [3.63, 3.8) is 0 Å². The highest BCUT2D eigenvalue weighted by Crippen LogP contribution is 2.28. The van der Waals surface area contributed by atoms with Crippen molar-refractivity contribution in [1.29, 1.82) is 0 Å². The van der Waals surface area contributed by atoms with Gasteiger partial charge in [-0.2, -0.15) is 4.31 Å². The fraction of sp³-hybridized carbons (Fsp3) is 0.429. The van der Waals surface area contributed by atoms with Crippen LogP contribution >= 0.6 is 0 Å². The molecule has 6 heteroatoms. The number of ether oxygens (including phenoxy) is 1. The average Bonchev–Trinajstić information content (AvgIpc) is 2.88. The first-order valence-corrected chi connectivity index (χ1v) is 10.8. The Bertz CT molecular complexity index is 859. The molecule has 0 spiro atoms. The van der Waals surface area contributed by atoms with Crippen molar-refractivity contribution < 1.29 is 13.2 Å². The van der Waals surface area contributed by atoms with Gasteiger partial charge in [0.15, 0.2) is 0 Å². The largest absolute Gasteiger partial charge is 0.496 e. The lowest BCUT2D eigenvalue weighted by atomic mass is 10.1. The van der Waals surface area contributed by atoms with Crippen LogP contribution < -0.4 is 4.74 Å². The molecule has 1 fully saturated rings. The van der Waals surface area contributed by atoms with Gasteiger partial charge in [0.1, 0.15) is 5.75 Å². The van der Waals surface area contributed by atoms with Crippen molar-refractivity contribution in [3.8, 4) is 5.75 Å². The predicted octanol–water partition coefficient (Wildman–Crippen LogP) is 3.21. The average molecular weight is 389 g/mol. The molecule has 0 unspecified atom stereocenters. The Morgan fingerprint density at radius 3 is 2.26 bits per heavy atom. The van der Waals surface area contributed by atoms with Gasteiger partial charge in [0.25, 0.3) is 0 Å². The smallest absolute Gasteiger partial charge is 0.243 e. The van der Waals surface area contributed by atoms with E-state index in [2.05, 4.69) is 17.0 Å². The second-order valence-electron chi connectivity index (χ2n) is 7.11. The van der Waals surface area contributed by atoms with Gasteiger partial charge in [-0.05, 0) is 55.6 Å². The van der Waals surface area contributed by atoms with Gasteiger partial charge in [-0.25, -0.2) is 8.42 Å². The summed E-state index contributed by atoms with van der Waals surface area (Å²) in [5.41, 5.74) is 2.95. The van der Waals surface area contributed by atoms with E-state index in [1.54, 1.807) is 23.5 Å². The fourth-order valence-corrected chi connectivity index (χ4v) is 5.36. The molecule has 146 valence electrons. The highest BCUT2D eigenvalue weighted by Gasteiger charge is 2.28. The number of hydrogen-bond acceptors (Lipinski definition) is 4. The van der Waals surface area contributed by atoms with Crippen LogP contribution in [0, 0.1) is 13.8 Å². The van der Waals surface area contributed by atoms with Crippen LogP contribution in [-0.4, -0.2) is 50.9 Å². The Hall–Kier alpha value is -1.89. The van der Waals surface area contributed by atoms with Gasteiger partial charge >= 0.3 is 0 Å². The molecule has 1 aliphatic heterocycles. The van der Waals surface area contributed by atoms with Gasteiger partial charge in [-0.15, -0.1) is 0 Å². The van der Waals surface area contributed by atoms with Crippen LogP contribution in [-0.2, 0) is 16.6 Å². The van der Waals surface area contributed by atoms with Crippen LogP contribution in [0.2, 0.25) is 0 Å². The van der Waals surface area contributed by atoms with E-state index in [1.807, 2.05) is 32.0 Å². The number of nitrogens with zero attached hydrogens (tertiary/aromatic N) is 2. The maximum absolute atomic E-state index is 13.2. The third-order valence-electron chi connectivity index (χ3n) is 5.07. The molecule has 1 aliphatic rings. The van der Waals surface area contributed by atoms with E-state index in [4.69, 9.17) is 4.74 Å². The van der Waals surface area contributed by atoms with Gasteiger partial charge in [0, 0.05) is 26.2 Å². The molecule has 0 amide bonds. The Kier molecular flexibility index (Phi) is 6.19. The van der Waals surface area contributed by atoms with Gasteiger partial charge in [0.05, 0.1) is 12.0 Å². The lowest BCUT2D eigenvalue weighted by molar-refractivity contribution is 0.278. The molecule has 2 aromatic carbocycles. The van der Waals surface area contributed by atoms with E-state index in [-0.39, 0.29) is 0 Å². The second-order valence-corrected chi connectivity index (χ2v) is 9.05. The summed E-state index contributed by atoms with van der Waals surface area (Å²) >= 11 is 0. The molecule has 0 radical (unpaired) electrons. The minimum atomic E-state index is -3.50. The summed E-state index contributed by atoms with van der Waals surface area (Å²) in [5, 5.41) is 0. The van der Waals surface area contributed by atoms with Crippen molar-refractivity contribution >= 4 is 10.0 Å². The molecule has 0 aromatic heterocycles. The number of rotatable bonds is 5. The molecule has 1 heterocycles. The Balaban J connectivity index is 1.74. The SMILES string of the molecule is COc1c(C)cc(S(=O)(=O)N2CCCN(Cc3ccccc3)CC2)cc1C. The molecule has 1 saturated heterocycles. The summed E-state index contributed by atoms with van der Waals surface area (Å²) in [6, 6.07) is 13.8. The van der Waals surface area contributed by atoms with E-state index >= 15 is 0 Å². The molecule has 27 heavy (non-hydrogen) atoms. The molecular weight excluding hydrogens is 360 g/mol. The van der Waals surface area contributed by atoms with Crippen molar-refractivity contribution in [2.75, 3.05) is 33.3 Å². The van der Waals surface area contributed by atoms with Gasteiger partial charge in [0.2, 0.25) is 10.0 Å². The van der Waals surface area contributed by atoms with Crippen LogP contribution in [0.3, 0.4) is 0 Å². The topological polar surface area (TPSA) is 49.9 Å². The zero-order valence-electron chi connectivity index (χ0n) is 16.3. The minimum absolute atomic E-state index is 0.356. The number of hydrogen-bond donors (Lipinski definition) is 0. The molecule has 0 bridgehead atoms. The minimum Gasteiger partial charge on any atom is -0.496 e. The number of aryl methyl sites for hydroxylation is 2. The molecule has 0 saturated carbocycles. The second kappa shape index (κ2) is 8.42. The number of methoxy groups -OCH3 is 1. The van der Waals surface area contributed by atoms with Crippen molar-refractivity contribution in [1.82, 2.24) is 9.21 Å². The van der Waals surface area contributed by atoms with Gasteiger partial charge in [-0.3, -0.25) is 4.90 Å². The fourth-order valence-electron chi connectivity index (χ4n) is 3.72. The zero-order valence-corrected chi connectivity index (χ0v) is 17.1. The first kappa shape index (κ1) is 19.9. The van der Waals surface area contributed by atoms with E-state index in [0.29, 0.717) is 18.0 Å². The maximum atomic E-state index is 13.2. The van der Waals surface area contributed by atoms with Crippen LogP contribution in [0.5, 0.6) is 5.75 Å². The van der Waals surface area contributed by atoms with Crippen molar-refractivity contribution in [2.24, 2.45) is 0 Å². The molecule has 5 nitrogen and oxygen atoms in total. The van der Waals surface area contributed by atoms with Crippen LogP contribution in [0.4, 0.5) is 0 Å². The zero-order chi connectivity index (χ0) is 19.4. The van der Waals surface area contributed by atoms with E-state index < -0.39 is 10.0 Å². The highest BCUT2D eigenvalue weighted by molar-refractivity contribution is 7.89. The van der Waals surface area contributed by atoms with Crippen LogP contribution in [0.25, 0.3) is 0 Å². The lowest BCUT2D eigenvalue weighted by Gasteiger charge is -2.22. The third kappa shape index (κ3) is 4.51. The first-order chi connectivity index (χ1) is 12.9. The van der Waals surface area contributed by atoms with Crippen molar-refractivity contribution in [2.45, 2.75) is 31.7 Å². The standard InChI is InChI=1S/C21H28N2O3S/c1-17-14-20(15-18(2)21(17)26-3)27(24,25)23-11-7-10-22(12-13-23)16-19-8-5-4-6-9-19/h4-6,8-9,14-15H,7,10-13,16H2,1-3H3. The summed E-state index contributed by atoms with van der Waals surface area (Å²) < 4.78 is 33.3. The third-order valence-corrected chi connectivity index (χ3v) is 6.95. The quantitative estimate of drug-likeness (QED) is 0.789. The van der Waals surface area contributed by atoms with Gasteiger partial charge < -0.3 is 4.74 Å². The normalized spacial score (nSPS) is 16.9. The Morgan fingerprint density at radius 2 is 1.63 bits per heavy atom.